The Hall–Kier alpha value is -1.13. The van der Waals surface area contributed by atoms with Crippen LogP contribution in [0.5, 0.6) is 0 Å². The van der Waals surface area contributed by atoms with Crippen LogP contribution in [-0.4, -0.2) is 30.9 Å². The van der Waals surface area contributed by atoms with Crippen molar-refractivity contribution in [2.75, 3.05) is 24.6 Å². The Balaban J connectivity index is 2.30. The summed E-state index contributed by atoms with van der Waals surface area (Å²) in [5.41, 5.74) is 1.55. The molecule has 4 heteroatoms. The zero-order chi connectivity index (χ0) is 13.1. The van der Waals surface area contributed by atoms with Crippen LogP contribution in [0.1, 0.15) is 31.9 Å². The van der Waals surface area contributed by atoms with E-state index in [2.05, 4.69) is 4.90 Å². The van der Waals surface area contributed by atoms with Crippen LogP contribution in [-0.2, 0) is 4.74 Å². The fourth-order valence-electron chi connectivity index (χ4n) is 2.36. The van der Waals surface area contributed by atoms with E-state index in [1.54, 1.807) is 13.0 Å². The fraction of sp³-hybridized carbons (Fsp3) is 0.571. The molecule has 1 fully saturated rings. The minimum atomic E-state index is -0.671. The molecule has 0 radical (unpaired) electrons. The zero-order valence-electron chi connectivity index (χ0n) is 10.9. The average Bonchev–Trinajstić information content (AvgIpc) is 2.53. The standard InChI is InChI=1S/C14H20FNO2/c1-10-9-16(6-3-7-18-10)14-5-4-12(15)8-13(14)11(2)17/h4-5,8,10-11,17H,3,6-7,9H2,1-2H3. The predicted octanol–water partition coefficient (Wildman–Crippen LogP) is 2.49. The Morgan fingerprint density at radius 1 is 1.50 bits per heavy atom. The molecule has 0 amide bonds. The van der Waals surface area contributed by atoms with E-state index in [1.807, 2.05) is 6.92 Å². The van der Waals surface area contributed by atoms with Crippen molar-refractivity contribution in [1.82, 2.24) is 0 Å². The normalized spacial score (nSPS) is 22.7. The van der Waals surface area contributed by atoms with E-state index >= 15 is 0 Å². The van der Waals surface area contributed by atoms with Crippen molar-refractivity contribution in [3.8, 4) is 0 Å². The van der Waals surface area contributed by atoms with Crippen molar-refractivity contribution in [3.63, 3.8) is 0 Å². The monoisotopic (exact) mass is 253 g/mol. The van der Waals surface area contributed by atoms with Crippen LogP contribution in [0.15, 0.2) is 18.2 Å². The Morgan fingerprint density at radius 2 is 2.28 bits per heavy atom. The number of aliphatic hydroxyl groups is 1. The lowest BCUT2D eigenvalue weighted by Gasteiger charge is -2.27. The van der Waals surface area contributed by atoms with Gasteiger partial charge in [0.15, 0.2) is 0 Å². The summed E-state index contributed by atoms with van der Waals surface area (Å²) in [7, 11) is 0. The number of benzene rings is 1. The van der Waals surface area contributed by atoms with Gasteiger partial charge in [-0.05, 0) is 38.5 Å². The lowest BCUT2D eigenvalue weighted by molar-refractivity contribution is 0.0820. The summed E-state index contributed by atoms with van der Waals surface area (Å²) in [6, 6.07) is 4.60. The van der Waals surface area contributed by atoms with Gasteiger partial charge in [-0.15, -0.1) is 0 Å². The van der Waals surface area contributed by atoms with Crippen LogP contribution >= 0.6 is 0 Å². The molecule has 0 bridgehead atoms. The Labute approximate surface area is 107 Å². The van der Waals surface area contributed by atoms with Gasteiger partial charge in [0.25, 0.3) is 0 Å². The van der Waals surface area contributed by atoms with Gasteiger partial charge in [-0.3, -0.25) is 0 Å². The number of hydrogen-bond donors (Lipinski definition) is 1. The summed E-state index contributed by atoms with van der Waals surface area (Å²) in [6.45, 7) is 6.09. The van der Waals surface area contributed by atoms with Crippen molar-refractivity contribution < 1.29 is 14.2 Å². The number of hydrogen-bond acceptors (Lipinski definition) is 3. The second kappa shape index (κ2) is 5.67. The van der Waals surface area contributed by atoms with Crippen LogP contribution in [0.4, 0.5) is 10.1 Å². The minimum absolute atomic E-state index is 0.152. The summed E-state index contributed by atoms with van der Waals surface area (Å²) in [4.78, 5) is 2.17. The van der Waals surface area contributed by atoms with Crippen molar-refractivity contribution in [2.45, 2.75) is 32.5 Å². The van der Waals surface area contributed by atoms with Crippen molar-refractivity contribution in [1.29, 1.82) is 0 Å². The van der Waals surface area contributed by atoms with Gasteiger partial charge in [-0.25, -0.2) is 4.39 Å². The van der Waals surface area contributed by atoms with Gasteiger partial charge in [-0.2, -0.15) is 0 Å². The van der Waals surface area contributed by atoms with Crippen LogP contribution in [0.25, 0.3) is 0 Å². The van der Waals surface area contributed by atoms with Gasteiger partial charge in [0.05, 0.1) is 12.2 Å². The van der Waals surface area contributed by atoms with Crippen LogP contribution < -0.4 is 4.90 Å². The molecule has 1 saturated heterocycles. The largest absolute Gasteiger partial charge is 0.389 e. The second-order valence-corrected chi connectivity index (χ2v) is 4.86. The maximum atomic E-state index is 13.3. The Bertz CT molecular complexity index is 409. The molecular formula is C14H20FNO2. The van der Waals surface area contributed by atoms with Gasteiger partial charge >= 0.3 is 0 Å². The number of rotatable bonds is 2. The highest BCUT2D eigenvalue weighted by Crippen LogP contribution is 2.28. The quantitative estimate of drug-likeness (QED) is 0.879. The van der Waals surface area contributed by atoms with Crippen molar-refractivity contribution in [2.24, 2.45) is 0 Å². The summed E-state index contributed by atoms with van der Waals surface area (Å²) >= 11 is 0. The number of aliphatic hydroxyl groups excluding tert-OH is 1. The van der Waals surface area contributed by atoms with Crippen molar-refractivity contribution >= 4 is 5.69 Å². The molecule has 2 rings (SSSR count). The smallest absolute Gasteiger partial charge is 0.123 e. The van der Waals surface area contributed by atoms with Gasteiger partial charge < -0.3 is 14.7 Å². The molecule has 3 nitrogen and oxygen atoms in total. The van der Waals surface area contributed by atoms with Crippen molar-refractivity contribution in [3.05, 3.63) is 29.6 Å². The maximum absolute atomic E-state index is 13.3. The maximum Gasteiger partial charge on any atom is 0.123 e. The molecule has 1 aliphatic rings. The minimum Gasteiger partial charge on any atom is -0.389 e. The van der Waals surface area contributed by atoms with Gasteiger partial charge in [0.1, 0.15) is 5.82 Å². The molecule has 1 aromatic rings. The average molecular weight is 253 g/mol. The second-order valence-electron chi connectivity index (χ2n) is 4.86. The molecule has 0 aliphatic carbocycles. The number of nitrogens with zero attached hydrogens (tertiary/aromatic N) is 1. The topological polar surface area (TPSA) is 32.7 Å². The highest BCUT2D eigenvalue weighted by atomic mass is 19.1. The molecule has 0 aromatic heterocycles. The Morgan fingerprint density at radius 3 is 3.00 bits per heavy atom. The summed E-state index contributed by atoms with van der Waals surface area (Å²) < 4.78 is 18.9. The molecule has 1 aromatic carbocycles. The first-order chi connectivity index (χ1) is 8.58. The van der Waals surface area contributed by atoms with E-state index < -0.39 is 6.10 Å². The van der Waals surface area contributed by atoms with Gasteiger partial charge in [0.2, 0.25) is 0 Å². The fourth-order valence-corrected chi connectivity index (χ4v) is 2.36. The molecule has 0 spiro atoms. The van der Waals surface area contributed by atoms with E-state index in [0.717, 1.165) is 31.8 Å². The van der Waals surface area contributed by atoms with Crippen LogP contribution in [0.2, 0.25) is 0 Å². The SMILES string of the molecule is CC1CN(c2ccc(F)cc2C(C)O)CCCO1. The first kappa shape index (κ1) is 13.3. The molecular weight excluding hydrogens is 233 g/mol. The zero-order valence-corrected chi connectivity index (χ0v) is 10.9. The third kappa shape index (κ3) is 3.00. The lowest BCUT2D eigenvalue weighted by Crippen LogP contribution is -2.31. The first-order valence-electron chi connectivity index (χ1n) is 6.42. The van der Waals surface area contributed by atoms with Crippen LogP contribution in [0.3, 0.4) is 0 Å². The summed E-state index contributed by atoms with van der Waals surface area (Å²) in [6.07, 6.45) is 0.426. The van der Waals surface area contributed by atoms with Gasteiger partial charge in [0, 0.05) is 30.9 Å². The molecule has 1 heterocycles. The summed E-state index contributed by atoms with van der Waals surface area (Å²) in [5.74, 6) is -0.311. The highest BCUT2D eigenvalue weighted by molar-refractivity contribution is 5.55. The van der Waals surface area contributed by atoms with E-state index in [4.69, 9.17) is 4.74 Å². The molecule has 18 heavy (non-hydrogen) atoms. The van der Waals surface area contributed by atoms with Gasteiger partial charge in [-0.1, -0.05) is 0 Å². The molecule has 2 unspecified atom stereocenters. The van der Waals surface area contributed by atoms with Crippen LogP contribution in [0, 0.1) is 5.82 Å². The number of ether oxygens (including phenoxy) is 1. The molecule has 1 N–H and O–H groups in total. The predicted molar refractivity (Wildman–Crippen MR) is 69.3 cm³/mol. The third-order valence-electron chi connectivity index (χ3n) is 3.23. The molecule has 2 atom stereocenters. The number of anilines is 1. The molecule has 100 valence electrons. The van der Waals surface area contributed by atoms with E-state index in [1.165, 1.54) is 12.1 Å². The van der Waals surface area contributed by atoms with E-state index in [-0.39, 0.29) is 11.9 Å². The highest BCUT2D eigenvalue weighted by Gasteiger charge is 2.19. The van der Waals surface area contributed by atoms with E-state index in [0.29, 0.717) is 5.56 Å². The Kier molecular flexibility index (Phi) is 4.19. The molecule has 1 aliphatic heterocycles. The van der Waals surface area contributed by atoms with E-state index in [9.17, 15) is 9.50 Å². The summed E-state index contributed by atoms with van der Waals surface area (Å²) in [5, 5.41) is 9.77. The number of halogens is 1. The third-order valence-corrected chi connectivity index (χ3v) is 3.23. The first-order valence-corrected chi connectivity index (χ1v) is 6.42. The lowest BCUT2D eigenvalue weighted by atomic mass is 10.1. The molecule has 0 saturated carbocycles.